The van der Waals surface area contributed by atoms with Gasteiger partial charge in [-0.3, -0.25) is 4.79 Å². The van der Waals surface area contributed by atoms with Gasteiger partial charge in [0.05, 0.1) is 0 Å². The average Bonchev–Trinajstić information content (AvgIpc) is 3.09. The predicted molar refractivity (Wildman–Crippen MR) is 197 cm³/mol. The normalized spacial score (nSPS) is 10.8. The first kappa shape index (κ1) is 39.9. The van der Waals surface area contributed by atoms with Gasteiger partial charge in [-0.1, -0.05) is 96.8 Å². The molecule has 0 aliphatic heterocycles. The van der Waals surface area contributed by atoms with Gasteiger partial charge in [-0.25, -0.2) is 0 Å². The third-order valence-corrected chi connectivity index (χ3v) is 22.5. The Labute approximate surface area is 297 Å². The van der Waals surface area contributed by atoms with Crippen molar-refractivity contribution in [2.45, 2.75) is 110 Å². The summed E-state index contributed by atoms with van der Waals surface area (Å²) in [6.07, 6.45) is 20.2. The summed E-state index contributed by atoms with van der Waals surface area (Å²) >= 11 is -3.31. The van der Waals surface area contributed by atoms with Crippen molar-refractivity contribution in [2.75, 3.05) is 0 Å². The molecule has 0 aromatic heterocycles. The zero-order valence-corrected chi connectivity index (χ0v) is 34.2. The summed E-state index contributed by atoms with van der Waals surface area (Å²) in [6.45, 7) is 2.27. The third-order valence-electron chi connectivity index (χ3n) is 8.82. The van der Waals surface area contributed by atoms with Gasteiger partial charge in [0, 0.05) is 25.9 Å². The van der Waals surface area contributed by atoms with Crippen LogP contribution in [0.1, 0.15) is 110 Å². The molecular weight excluding hydrogens is 721 g/mol. The summed E-state index contributed by atoms with van der Waals surface area (Å²) in [5.41, 5.74) is 0. The van der Waals surface area contributed by atoms with Gasteiger partial charge in [0.2, 0.25) is 0 Å². The fourth-order valence-electron chi connectivity index (χ4n) is 6.40. The molecule has 0 saturated heterocycles. The minimum absolute atomic E-state index is 0. The van der Waals surface area contributed by atoms with E-state index >= 15 is 0 Å². The molecule has 4 aromatic carbocycles. The van der Waals surface area contributed by atoms with E-state index in [-0.39, 0.29) is 19.5 Å². The van der Waals surface area contributed by atoms with Gasteiger partial charge in [0.1, 0.15) is 0 Å². The van der Waals surface area contributed by atoms with Gasteiger partial charge >= 0.3 is 160 Å². The third kappa shape index (κ3) is 13.9. The van der Waals surface area contributed by atoms with Crippen LogP contribution in [0, 0.1) is 0 Å². The van der Waals surface area contributed by atoms with Crippen molar-refractivity contribution < 1.29 is 29.4 Å². The molecule has 2 nitrogen and oxygen atoms in total. The molecule has 0 heterocycles. The van der Waals surface area contributed by atoms with Crippen LogP contribution in [0.4, 0.5) is 0 Å². The van der Waals surface area contributed by atoms with Crippen molar-refractivity contribution in [1.29, 1.82) is 0 Å². The van der Waals surface area contributed by atoms with Gasteiger partial charge in [0.25, 0.3) is 0 Å². The maximum absolute atomic E-state index is 10.3. The van der Waals surface area contributed by atoms with Crippen LogP contribution in [0.3, 0.4) is 0 Å². The van der Waals surface area contributed by atoms with E-state index in [1.807, 2.05) is 0 Å². The van der Waals surface area contributed by atoms with E-state index < -0.39 is 24.3 Å². The van der Waals surface area contributed by atoms with Crippen molar-refractivity contribution in [1.82, 2.24) is 0 Å². The van der Waals surface area contributed by atoms with E-state index in [1.165, 1.54) is 97.8 Å². The second kappa shape index (κ2) is 24.9. The van der Waals surface area contributed by atoms with Crippen LogP contribution < -0.4 is 14.3 Å². The van der Waals surface area contributed by atoms with Crippen molar-refractivity contribution >= 4 is 38.7 Å². The Balaban J connectivity index is 0.000000323. The number of carboxylic acid groups (broad SMARTS) is 1. The number of aliphatic carboxylic acids is 1. The van der Waals surface area contributed by atoms with Crippen LogP contribution in [-0.2, 0) is 24.3 Å². The first-order valence-corrected chi connectivity index (χ1v) is 23.3. The molecule has 1 N–H and O–H groups in total. The molecule has 0 aliphatic rings. The van der Waals surface area contributed by atoms with Crippen LogP contribution in [0.15, 0.2) is 121 Å². The van der Waals surface area contributed by atoms with Crippen LogP contribution in [0.5, 0.6) is 0 Å². The molecular formula is C42H56O2SnZn. The number of carbonyl (C=O) groups is 1. The molecule has 0 bridgehead atoms. The van der Waals surface area contributed by atoms with Crippen LogP contribution in [0.25, 0.3) is 0 Å². The van der Waals surface area contributed by atoms with E-state index in [2.05, 4.69) is 128 Å². The quantitative estimate of drug-likeness (QED) is 0.0718. The monoisotopic (exact) mass is 776 g/mol. The number of unbranched alkanes of at least 4 members (excludes halogenated alkanes) is 14. The van der Waals surface area contributed by atoms with Crippen molar-refractivity contribution in [3.8, 4) is 0 Å². The van der Waals surface area contributed by atoms with Gasteiger partial charge in [-0.05, 0) is 6.42 Å². The zero-order valence-electron chi connectivity index (χ0n) is 28.4. The minimum atomic E-state index is -3.31. The summed E-state index contributed by atoms with van der Waals surface area (Å²) in [5, 5.41) is 8.52. The van der Waals surface area contributed by atoms with Gasteiger partial charge < -0.3 is 5.11 Å². The van der Waals surface area contributed by atoms with E-state index in [1.54, 1.807) is 0 Å². The number of hydrogen-bond donors (Lipinski definition) is 1. The fourth-order valence-corrected chi connectivity index (χ4v) is 20.0. The van der Waals surface area contributed by atoms with Crippen LogP contribution >= 0.6 is 0 Å². The maximum atomic E-state index is 10.3. The summed E-state index contributed by atoms with van der Waals surface area (Å²) in [5.74, 6) is -0.653. The van der Waals surface area contributed by atoms with Gasteiger partial charge in [-0.15, -0.1) is 0 Å². The first-order chi connectivity index (χ1) is 22.2. The Kier molecular flexibility index (Phi) is 21.6. The second-order valence-electron chi connectivity index (χ2n) is 12.3. The van der Waals surface area contributed by atoms with Gasteiger partial charge in [-0.2, -0.15) is 0 Å². The summed E-state index contributed by atoms with van der Waals surface area (Å²) in [7, 11) is 0. The van der Waals surface area contributed by atoms with Crippen molar-refractivity contribution in [2.24, 2.45) is 0 Å². The Morgan fingerprint density at radius 2 is 0.674 bits per heavy atom. The Morgan fingerprint density at radius 1 is 0.435 bits per heavy atom. The molecule has 0 spiro atoms. The molecule has 4 heteroatoms. The van der Waals surface area contributed by atoms with Crippen LogP contribution in [0.2, 0.25) is 0 Å². The second-order valence-corrected chi connectivity index (χ2v) is 23.2. The molecule has 0 amide bonds. The molecule has 0 aliphatic carbocycles. The number of benzene rings is 4. The van der Waals surface area contributed by atoms with E-state index in [4.69, 9.17) is 5.11 Å². The molecule has 0 radical (unpaired) electrons. The predicted octanol–water partition coefficient (Wildman–Crippen LogP) is 9.39. The SMILES string of the molecule is CCCCCCCCCCCCCCCCCC(=O)O.[Zn].c1cc[c]([Sn]([c]2ccccc2)([c]2ccccc2)[c]2ccccc2)cc1. The Morgan fingerprint density at radius 3 is 0.913 bits per heavy atom. The van der Waals surface area contributed by atoms with E-state index in [0.29, 0.717) is 6.42 Å². The fraction of sp³-hybridized carbons (Fsp3) is 0.405. The van der Waals surface area contributed by atoms with Gasteiger partial charge in [0.15, 0.2) is 0 Å². The summed E-state index contributed by atoms with van der Waals surface area (Å²) in [4.78, 5) is 10.3. The molecule has 4 aromatic rings. The number of carboxylic acids is 1. The Hall–Kier alpha value is -2.23. The number of hydrogen-bond acceptors (Lipinski definition) is 1. The molecule has 0 atom stereocenters. The van der Waals surface area contributed by atoms with E-state index in [0.717, 1.165) is 12.8 Å². The summed E-state index contributed by atoms with van der Waals surface area (Å²) < 4.78 is 5.95. The molecule has 0 unspecified atom stereocenters. The van der Waals surface area contributed by atoms with E-state index in [9.17, 15) is 4.79 Å². The Bertz CT molecular complexity index is 1120. The topological polar surface area (TPSA) is 37.3 Å². The molecule has 0 fully saturated rings. The standard InChI is InChI=1S/C18H36O2.4C6H5.Sn.Zn/c1-2-3-4-5-6-7-8-9-10-11-12-13-14-15-16-17-18(19)20;4*1-2-4-6-5-3-1;;/h2-17H2,1H3,(H,19,20);4*1-5H;;. The zero-order chi connectivity index (χ0) is 31.8. The van der Waals surface area contributed by atoms with Crippen molar-refractivity contribution in [3.05, 3.63) is 121 Å². The van der Waals surface area contributed by atoms with Crippen molar-refractivity contribution in [3.63, 3.8) is 0 Å². The molecule has 46 heavy (non-hydrogen) atoms. The molecule has 242 valence electrons. The summed E-state index contributed by atoms with van der Waals surface area (Å²) in [6, 6.07) is 44.4. The average molecular weight is 777 g/mol. The molecule has 4 rings (SSSR count). The number of rotatable bonds is 20. The molecule has 0 saturated carbocycles. The first-order valence-electron chi connectivity index (χ1n) is 17.6. The van der Waals surface area contributed by atoms with Crippen LogP contribution in [-0.4, -0.2) is 29.5 Å².